The Morgan fingerprint density at radius 3 is 2.17 bits per heavy atom. The number of amides is 1. The second-order valence-electron chi connectivity index (χ2n) is 4.90. The third kappa shape index (κ3) is 4.20. The van der Waals surface area contributed by atoms with Crippen LogP contribution in [-0.2, 0) is 8.59 Å². The van der Waals surface area contributed by atoms with Gasteiger partial charge in [-0.05, 0) is 12.1 Å². The number of rotatable bonds is 1. The van der Waals surface area contributed by atoms with Crippen molar-refractivity contribution in [3.05, 3.63) is 28.8 Å². The van der Waals surface area contributed by atoms with Crippen LogP contribution in [0.15, 0.2) is 18.2 Å². The fourth-order valence-corrected chi connectivity index (χ4v) is 1.62. The molecule has 0 aromatic heterocycles. The molecule has 100 valence electrons. The van der Waals surface area contributed by atoms with Gasteiger partial charge in [-0.25, -0.2) is 0 Å². The predicted octanol–water partition coefficient (Wildman–Crippen LogP) is 5.15. The van der Waals surface area contributed by atoms with Crippen LogP contribution >= 0.6 is 46.4 Å². The van der Waals surface area contributed by atoms with Crippen LogP contribution in [0.2, 0.25) is 5.02 Å². The van der Waals surface area contributed by atoms with E-state index in [1.165, 1.54) is 0 Å². The van der Waals surface area contributed by atoms with Crippen molar-refractivity contribution in [3.8, 4) is 0 Å². The van der Waals surface area contributed by atoms with E-state index >= 15 is 0 Å². The number of carbonyl (C=O) groups is 1. The second kappa shape index (κ2) is 5.46. The van der Waals surface area contributed by atoms with E-state index in [2.05, 4.69) is 5.32 Å². The molecule has 0 aliphatic heterocycles. The first-order chi connectivity index (χ1) is 8.01. The van der Waals surface area contributed by atoms with Gasteiger partial charge in [0.1, 0.15) is 0 Å². The maximum Gasteiger partial charge on any atom is 0.229 e. The monoisotopic (exact) mass is 327 g/mol. The maximum atomic E-state index is 11.9. The van der Waals surface area contributed by atoms with Crippen LogP contribution in [0.3, 0.4) is 0 Å². The summed E-state index contributed by atoms with van der Waals surface area (Å²) >= 11 is 23.3. The van der Waals surface area contributed by atoms with E-state index in [9.17, 15) is 4.79 Å². The molecule has 1 rings (SSSR count). The lowest BCUT2D eigenvalue weighted by Gasteiger charge is -2.19. The van der Waals surface area contributed by atoms with E-state index in [-0.39, 0.29) is 5.91 Å². The zero-order valence-corrected chi connectivity index (χ0v) is 13.2. The summed E-state index contributed by atoms with van der Waals surface area (Å²) in [5.74, 6) is -0.161. The fourth-order valence-electron chi connectivity index (χ4n) is 1.11. The van der Waals surface area contributed by atoms with Gasteiger partial charge in [-0.2, -0.15) is 0 Å². The summed E-state index contributed by atoms with van der Waals surface area (Å²) in [4.78, 5) is 11.9. The van der Waals surface area contributed by atoms with Gasteiger partial charge >= 0.3 is 0 Å². The molecule has 1 aromatic rings. The molecule has 0 radical (unpaired) electrons. The number of hydrogen-bond acceptors (Lipinski definition) is 1. The zero-order chi connectivity index (χ0) is 14.1. The number of halogens is 4. The Morgan fingerprint density at radius 1 is 1.17 bits per heavy atom. The smallest absolute Gasteiger partial charge is 0.229 e. The fraction of sp³-hybridized carbons (Fsp3) is 0.417. The van der Waals surface area contributed by atoms with Gasteiger partial charge < -0.3 is 5.32 Å². The molecule has 2 nitrogen and oxygen atoms in total. The number of alkyl halides is 3. The average Bonchev–Trinajstić information content (AvgIpc) is 2.18. The lowest BCUT2D eigenvalue weighted by atomic mass is 9.95. The number of nitrogens with one attached hydrogen (secondary N) is 1. The van der Waals surface area contributed by atoms with Crippen molar-refractivity contribution in [2.75, 3.05) is 5.32 Å². The predicted molar refractivity (Wildman–Crippen MR) is 78.8 cm³/mol. The van der Waals surface area contributed by atoms with Gasteiger partial charge in [-0.3, -0.25) is 4.79 Å². The van der Waals surface area contributed by atoms with Crippen LogP contribution in [0.25, 0.3) is 0 Å². The molecule has 6 heteroatoms. The van der Waals surface area contributed by atoms with Gasteiger partial charge in [0.05, 0.1) is 10.7 Å². The molecule has 0 bridgehead atoms. The van der Waals surface area contributed by atoms with E-state index in [0.29, 0.717) is 16.3 Å². The van der Waals surface area contributed by atoms with E-state index < -0.39 is 9.21 Å². The van der Waals surface area contributed by atoms with Crippen LogP contribution in [0.1, 0.15) is 26.3 Å². The third-order valence-corrected chi connectivity index (χ3v) is 3.21. The first-order valence-corrected chi connectivity index (χ1v) is 6.71. The zero-order valence-electron chi connectivity index (χ0n) is 10.2. The summed E-state index contributed by atoms with van der Waals surface area (Å²) < 4.78 is -1.55. The van der Waals surface area contributed by atoms with Crippen LogP contribution in [-0.4, -0.2) is 5.91 Å². The minimum atomic E-state index is -1.55. The normalized spacial score (nSPS) is 12.4. The SMILES string of the molecule is CC(C)(C)C(=O)Nc1cc(C(Cl)(Cl)Cl)ccc1Cl. The first-order valence-electron chi connectivity index (χ1n) is 5.20. The molecule has 0 spiro atoms. The Hall–Kier alpha value is -0.150. The highest BCUT2D eigenvalue weighted by molar-refractivity contribution is 6.66. The molecule has 0 heterocycles. The Bertz CT molecular complexity index is 460. The van der Waals surface area contributed by atoms with Crippen molar-refractivity contribution in [1.29, 1.82) is 0 Å². The standard InChI is InChI=1S/C12H13Cl4NO/c1-11(2,3)10(18)17-9-6-7(12(14,15)16)4-5-8(9)13/h4-6H,1-3H3,(H,17,18). The van der Waals surface area contributed by atoms with Gasteiger partial charge in [-0.15, -0.1) is 0 Å². The Kier molecular flexibility index (Phi) is 4.82. The molecule has 0 saturated carbocycles. The molecular formula is C12H13Cl4NO. The van der Waals surface area contributed by atoms with E-state index in [1.54, 1.807) is 39.0 Å². The second-order valence-corrected chi connectivity index (χ2v) is 7.58. The van der Waals surface area contributed by atoms with Crippen molar-refractivity contribution >= 4 is 58.0 Å². The van der Waals surface area contributed by atoms with Gasteiger partial charge in [0.2, 0.25) is 9.70 Å². The van der Waals surface area contributed by atoms with Crippen molar-refractivity contribution in [3.63, 3.8) is 0 Å². The molecule has 1 N–H and O–H groups in total. The molecule has 0 aliphatic rings. The van der Waals surface area contributed by atoms with E-state index in [1.807, 2.05) is 0 Å². The number of hydrogen-bond donors (Lipinski definition) is 1. The molecule has 0 unspecified atom stereocenters. The Labute approximate surface area is 127 Å². The minimum Gasteiger partial charge on any atom is -0.324 e. The highest BCUT2D eigenvalue weighted by Crippen LogP contribution is 2.40. The van der Waals surface area contributed by atoms with Crippen molar-refractivity contribution in [2.45, 2.75) is 24.6 Å². The summed E-state index contributed by atoms with van der Waals surface area (Å²) in [5, 5.41) is 3.11. The maximum absolute atomic E-state index is 11.9. The molecule has 0 atom stereocenters. The van der Waals surface area contributed by atoms with Crippen molar-refractivity contribution in [1.82, 2.24) is 0 Å². The third-order valence-electron chi connectivity index (χ3n) is 2.22. The highest BCUT2D eigenvalue weighted by atomic mass is 35.6. The van der Waals surface area contributed by atoms with Gasteiger partial charge in [0.15, 0.2) is 0 Å². The number of benzene rings is 1. The summed E-state index contributed by atoms with van der Waals surface area (Å²) in [5.41, 5.74) is 0.348. The highest BCUT2D eigenvalue weighted by Gasteiger charge is 2.25. The average molecular weight is 329 g/mol. The molecule has 1 amide bonds. The topological polar surface area (TPSA) is 29.1 Å². The number of carbonyl (C=O) groups excluding carboxylic acids is 1. The molecule has 0 saturated heterocycles. The number of anilines is 1. The summed E-state index contributed by atoms with van der Waals surface area (Å²) in [6.45, 7) is 5.40. The van der Waals surface area contributed by atoms with Crippen LogP contribution in [0.5, 0.6) is 0 Å². The Morgan fingerprint density at radius 2 is 1.72 bits per heavy atom. The first kappa shape index (κ1) is 15.9. The molecular weight excluding hydrogens is 316 g/mol. The molecule has 0 aliphatic carbocycles. The quantitative estimate of drug-likeness (QED) is 0.709. The molecule has 1 aromatic carbocycles. The lowest BCUT2D eigenvalue weighted by Crippen LogP contribution is -2.27. The van der Waals surface area contributed by atoms with Crippen LogP contribution < -0.4 is 5.32 Å². The van der Waals surface area contributed by atoms with E-state index in [4.69, 9.17) is 46.4 Å². The van der Waals surface area contributed by atoms with E-state index in [0.717, 1.165) is 0 Å². The van der Waals surface area contributed by atoms with Gasteiger partial charge in [0.25, 0.3) is 0 Å². The largest absolute Gasteiger partial charge is 0.324 e. The lowest BCUT2D eigenvalue weighted by molar-refractivity contribution is -0.123. The summed E-state index contributed by atoms with van der Waals surface area (Å²) in [7, 11) is 0. The van der Waals surface area contributed by atoms with Gasteiger partial charge in [0, 0.05) is 11.0 Å². The van der Waals surface area contributed by atoms with Crippen LogP contribution in [0, 0.1) is 5.41 Å². The van der Waals surface area contributed by atoms with Gasteiger partial charge in [-0.1, -0.05) is 73.2 Å². The molecule has 18 heavy (non-hydrogen) atoms. The summed E-state index contributed by atoms with van der Waals surface area (Å²) in [6, 6.07) is 4.73. The Balaban J connectivity index is 3.06. The summed E-state index contributed by atoms with van der Waals surface area (Å²) in [6.07, 6.45) is 0. The minimum absolute atomic E-state index is 0.161. The van der Waals surface area contributed by atoms with Crippen LogP contribution in [0.4, 0.5) is 5.69 Å². The van der Waals surface area contributed by atoms with Crippen molar-refractivity contribution < 1.29 is 4.79 Å². The van der Waals surface area contributed by atoms with Crippen molar-refractivity contribution in [2.24, 2.45) is 5.41 Å². The molecule has 0 fully saturated rings.